The van der Waals surface area contributed by atoms with Crippen LogP contribution in [-0.4, -0.2) is 51.0 Å². The van der Waals surface area contributed by atoms with E-state index in [0.717, 1.165) is 43.2 Å². The van der Waals surface area contributed by atoms with E-state index in [-0.39, 0.29) is 0 Å². The summed E-state index contributed by atoms with van der Waals surface area (Å²) < 4.78 is 17.7. The molecule has 0 atom stereocenters. The van der Waals surface area contributed by atoms with Crippen LogP contribution in [0.1, 0.15) is 72.6 Å². The van der Waals surface area contributed by atoms with Gasteiger partial charge in [0.1, 0.15) is 0 Å². The van der Waals surface area contributed by atoms with Crippen LogP contribution < -0.4 is 0 Å². The number of carbonyl (C=O) groups is 1. The zero-order chi connectivity index (χ0) is 19.5. The molecule has 0 radical (unpaired) electrons. The van der Waals surface area contributed by atoms with E-state index in [0.29, 0.717) is 24.9 Å². The third-order valence-corrected chi connectivity index (χ3v) is 9.09. The van der Waals surface area contributed by atoms with Crippen molar-refractivity contribution in [2.75, 3.05) is 37.1 Å². The number of carbonyl (C=O) groups excluding carboxylic acids is 1. The Kier molecular flexibility index (Phi) is 19.2. The molecule has 7 heteroatoms. The lowest BCUT2D eigenvalue weighted by molar-refractivity contribution is -0.111. The summed E-state index contributed by atoms with van der Waals surface area (Å²) in [7, 11) is -2.44. The molecule has 0 aliphatic carbocycles. The van der Waals surface area contributed by atoms with E-state index in [1.165, 1.54) is 36.8 Å². The van der Waals surface area contributed by atoms with Crippen LogP contribution >= 0.6 is 23.5 Å². The van der Waals surface area contributed by atoms with Crippen molar-refractivity contribution in [1.29, 1.82) is 0 Å². The topological polar surface area (TPSA) is 44.8 Å². The first-order chi connectivity index (χ1) is 12.6. The molecule has 0 fully saturated rings. The van der Waals surface area contributed by atoms with E-state index >= 15 is 0 Å². The Balaban J connectivity index is 3.62. The maximum Gasteiger partial charge on any atom is 0.500 e. The molecule has 0 aromatic rings. The Hall–Kier alpha value is 0.467. The van der Waals surface area contributed by atoms with Crippen LogP contribution in [0.2, 0.25) is 6.04 Å². The number of hydrogen-bond acceptors (Lipinski definition) is 6. The second-order valence-corrected chi connectivity index (χ2v) is 11.2. The van der Waals surface area contributed by atoms with Crippen molar-refractivity contribution >= 4 is 37.4 Å². The van der Waals surface area contributed by atoms with Gasteiger partial charge in [0.25, 0.3) is 0 Å². The lowest BCUT2D eigenvalue weighted by Crippen LogP contribution is -2.46. The molecule has 0 saturated heterocycles. The van der Waals surface area contributed by atoms with E-state index in [9.17, 15) is 4.79 Å². The van der Waals surface area contributed by atoms with Crippen LogP contribution in [-0.2, 0) is 18.1 Å². The molecular weight excluding hydrogens is 384 g/mol. The van der Waals surface area contributed by atoms with Gasteiger partial charge in [0.05, 0.1) is 0 Å². The summed E-state index contributed by atoms with van der Waals surface area (Å²) in [5.74, 6) is 3.35. The van der Waals surface area contributed by atoms with E-state index in [2.05, 4.69) is 6.92 Å². The fourth-order valence-corrected chi connectivity index (χ4v) is 7.37. The molecule has 0 amide bonds. The molecule has 0 aromatic carbocycles. The van der Waals surface area contributed by atoms with Gasteiger partial charge in [-0.25, -0.2) is 0 Å². The third-order valence-electron chi connectivity index (χ3n) is 3.76. The van der Waals surface area contributed by atoms with Gasteiger partial charge in [-0.1, -0.05) is 31.5 Å². The third kappa shape index (κ3) is 14.5. The smallest absolute Gasteiger partial charge is 0.374 e. The predicted molar refractivity (Wildman–Crippen MR) is 118 cm³/mol. The van der Waals surface area contributed by atoms with Crippen molar-refractivity contribution in [3.8, 4) is 0 Å². The second kappa shape index (κ2) is 18.8. The molecule has 4 nitrogen and oxygen atoms in total. The minimum Gasteiger partial charge on any atom is -0.374 e. The lowest BCUT2D eigenvalue weighted by Gasteiger charge is -2.28. The maximum absolute atomic E-state index is 11.4. The van der Waals surface area contributed by atoms with E-state index in [1.807, 2.05) is 32.5 Å². The standard InChI is InChI=1S/C19H40O4S2Si/c1-5-14-19(20)25-17-12-10-9-11-15-24-16-13-18-26(21-6-2,22-7-3)23-8-4/h5-18H2,1-4H3. The molecule has 0 aromatic heterocycles. The molecule has 0 rings (SSSR count). The Morgan fingerprint density at radius 2 is 1.31 bits per heavy atom. The molecule has 0 saturated carbocycles. The number of rotatable bonds is 19. The van der Waals surface area contributed by atoms with Crippen molar-refractivity contribution in [2.45, 2.75) is 78.7 Å². The monoisotopic (exact) mass is 424 g/mol. The summed E-state index contributed by atoms with van der Waals surface area (Å²) in [5, 5.41) is 0.355. The lowest BCUT2D eigenvalue weighted by atomic mass is 10.2. The van der Waals surface area contributed by atoms with Gasteiger partial charge in [0, 0.05) is 38.0 Å². The number of hydrogen-bond donors (Lipinski definition) is 0. The van der Waals surface area contributed by atoms with Gasteiger partial charge in [0.15, 0.2) is 5.12 Å². The Morgan fingerprint density at radius 1 is 0.769 bits per heavy atom. The zero-order valence-electron chi connectivity index (χ0n) is 17.3. The fraction of sp³-hybridized carbons (Fsp3) is 0.947. The Labute approximate surface area is 171 Å². The average molecular weight is 425 g/mol. The fourth-order valence-electron chi connectivity index (χ4n) is 2.62. The molecule has 26 heavy (non-hydrogen) atoms. The van der Waals surface area contributed by atoms with Crippen LogP contribution in [0.15, 0.2) is 0 Å². The van der Waals surface area contributed by atoms with E-state index in [4.69, 9.17) is 13.3 Å². The predicted octanol–water partition coefficient (Wildman–Crippen LogP) is 5.78. The van der Waals surface area contributed by atoms with Crippen molar-refractivity contribution in [2.24, 2.45) is 0 Å². The summed E-state index contributed by atoms with van der Waals surface area (Å²) in [4.78, 5) is 11.4. The van der Waals surface area contributed by atoms with E-state index < -0.39 is 8.80 Å². The van der Waals surface area contributed by atoms with Crippen molar-refractivity contribution in [3.05, 3.63) is 0 Å². The van der Waals surface area contributed by atoms with Crippen molar-refractivity contribution < 1.29 is 18.1 Å². The van der Waals surface area contributed by atoms with Crippen LogP contribution in [0, 0.1) is 0 Å². The molecular formula is C19H40O4S2Si. The van der Waals surface area contributed by atoms with Crippen molar-refractivity contribution in [1.82, 2.24) is 0 Å². The second-order valence-electron chi connectivity index (χ2n) is 6.08. The Bertz CT molecular complexity index is 316. The number of unbranched alkanes of at least 4 members (excludes halogenated alkanes) is 3. The minimum atomic E-state index is -2.44. The quantitative estimate of drug-likeness (QED) is 0.193. The van der Waals surface area contributed by atoms with Gasteiger partial charge >= 0.3 is 8.80 Å². The van der Waals surface area contributed by atoms with Gasteiger partial charge in [0.2, 0.25) is 0 Å². The summed E-state index contributed by atoms with van der Waals surface area (Å²) in [6.45, 7) is 10.0. The number of thioether (sulfide) groups is 2. The molecule has 156 valence electrons. The highest BCUT2D eigenvalue weighted by atomic mass is 32.2. The highest BCUT2D eigenvalue weighted by Crippen LogP contribution is 2.20. The minimum absolute atomic E-state index is 0.355. The largest absolute Gasteiger partial charge is 0.500 e. The summed E-state index contributed by atoms with van der Waals surface area (Å²) in [6, 6.07) is 0.915. The first kappa shape index (κ1) is 26.5. The molecule has 0 spiro atoms. The molecule has 0 heterocycles. The van der Waals surface area contributed by atoms with E-state index in [1.54, 1.807) is 0 Å². The molecule has 0 bridgehead atoms. The van der Waals surface area contributed by atoms with Crippen LogP contribution in [0.5, 0.6) is 0 Å². The summed E-state index contributed by atoms with van der Waals surface area (Å²) in [6.07, 6.45) is 7.72. The summed E-state index contributed by atoms with van der Waals surface area (Å²) >= 11 is 3.53. The first-order valence-electron chi connectivity index (χ1n) is 10.3. The van der Waals surface area contributed by atoms with Crippen LogP contribution in [0.4, 0.5) is 0 Å². The maximum atomic E-state index is 11.4. The van der Waals surface area contributed by atoms with Gasteiger partial charge in [-0.2, -0.15) is 11.8 Å². The highest BCUT2D eigenvalue weighted by molar-refractivity contribution is 8.13. The van der Waals surface area contributed by atoms with Crippen LogP contribution in [0.25, 0.3) is 0 Å². The Morgan fingerprint density at radius 3 is 1.85 bits per heavy atom. The molecule has 0 aliphatic heterocycles. The normalized spacial score (nSPS) is 11.8. The summed E-state index contributed by atoms with van der Waals surface area (Å²) in [5.41, 5.74) is 0. The van der Waals surface area contributed by atoms with Gasteiger partial charge in [-0.3, -0.25) is 4.79 Å². The molecule has 0 unspecified atom stereocenters. The SMILES string of the molecule is CCCC(=O)SCCCCCCSCCC[Si](OCC)(OCC)OCC. The molecule has 0 aliphatic rings. The van der Waals surface area contributed by atoms with Gasteiger partial charge in [-0.15, -0.1) is 0 Å². The molecule has 0 N–H and O–H groups in total. The average Bonchev–Trinajstić information content (AvgIpc) is 2.60. The van der Waals surface area contributed by atoms with Crippen molar-refractivity contribution in [3.63, 3.8) is 0 Å². The first-order valence-corrected chi connectivity index (χ1v) is 14.4. The van der Waals surface area contributed by atoms with Gasteiger partial charge < -0.3 is 13.3 Å². The zero-order valence-corrected chi connectivity index (χ0v) is 20.0. The van der Waals surface area contributed by atoms with Gasteiger partial charge in [-0.05, 0) is 58.0 Å². The highest BCUT2D eigenvalue weighted by Gasteiger charge is 2.39. The van der Waals surface area contributed by atoms with Crippen LogP contribution in [0.3, 0.4) is 0 Å².